The molecule has 0 radical (unpaired) electrons. The summed E-state index contributed by atoms with van der Waals surface area (Å²) in [6.45, 7) is 4.26. The Morgan fingerprint density at radius 3 is 2.64 bits per heavy atom. The van der Waals surface area contributed by atoms with Gasteiger partial charge in [0.1, 0.15) is 0 Å². The number of allylic oxidation sites excluding steroid dienone is 2. The average Bonchev–Trinajstić information content (AvgIpc) is 2.51. The molecular weight excluding hydrogens is 170 g/mol. The molecule has 0 atom stereocenters. The van der Waals surface area contributed by atoms with Crippen molar-refractivity contribution in [1.29, 1.82) is 5.26 Å². The lowest BCUT2D eigenvalue weighted by Crippen LogP contribution is -1.87. The first-order valence-corrected chi connectivity index (χ1v) is 4.91. The fourth-order valence-electron chi connectivity index (χ4n) is 2.01. The Morgan fingerprint density at radius 2 is 1.93 bits per heavy atom. The minimum atomic E-state index is 1.02. The zero-order chi connectivity index (χ0) is 10.1. The van der Waals surface area contributed by atoms with Gasteiger partial charge in [-0.3, -0.25) is 0 Å². The summed E-state index contributed by atoms with van der Waals surface area (Å²) in [7, 11) is 0. The minimum absolute atomic E-state index is 1.02. The van der Waals surface area contributed by atoms with Gasteiger partial charge in [-0.05, 0) is 54.5 Å². The number of fused-ring (bicyclic) bond motifs is 1. The van der Waals surface area contributed by atoms with Crippen LogP contribution in [0.3, 0.4) is 0 Å². The highest BCUT2D eigenvalue weighted by atomic mass is 14.2. The van der Waals surface area contributed by atoms with Crippen LogP contribution in [0.5, 0.6) is 0 Å². The van der Waals surface area contributed by atoms with Gasteiger partial charge in [0, 0.05) is 6.08 Å². The minimum Gasteiger partial charge on any atom is -0.193 e. The molecule has 1 heteroatoms. The van der Waals surface area contributed by atoms with Gasteiger partial charge in [0.15, 0.2) is 0 Å². The van der Waals surface area contributed by atoms with Gasteiger partial charge in [-0.1, -0.05) is 12.1 Å². The van der Waals surface area contributed by atoms with Gasteiger partial charge in [-0.25, -0.2) is 0 Å². The van der Waals surface area contributed by atoms with Crippen LogP contribution in [0.15, 0.2) is 18.2 Å². The van der Waals surface area contributed by atoms with Gasteiger partial charge in [0.2, 0.25) is 0 Å². The van der Waals surface area contributed by atoms with Crippen molar-refractivity contribution in [2.45, 2.75) is 26.7 Å². The lowest BCUT2D eigenvalue weighted by atomic mass is 10.0. The molecule has 2 rings (SSSR count). The molecule has 0 saturated carbocycles. The lowest BCUT2D eigenvalue weighted by molar-refractivity contribution is 1.08. The highest BCUT2D eigenvalue weighted by Gasteiger charge is 2.16. The summed E-state index contributed by atoms with van der Waals surface area (Å²) < 4.78 is 0. The van der Waals surface area contributed by atoms with E-state index in [2.05, 4.69) is 32.0 Å². The summed E-state index contributed by atoms with van der Waals surface area (Å²) >= 11 is 0. The zero-order valence-electron chi connectivity index (χ0n) is 8.59. The second-order valence-electron chi connectivity index (χ2n) is 3.89. The molecule has 70 valence electrons. The maximum Gasteiger partial charge on any atom is 0.0915 e. The Morgan fingerprint density at radius 1 is 1.21 bits per heavy atom. The average molecular weight is 183 g/mol. The van der Waals surface area contributed by atoms with Gasteiger partial charge >= 0.3 is 0 Å². The molecule has 0 N–H and O–H groups in total. The quantitative estimate of drug-likeness (QED) is 0.567. The van der Waals surface area contributed by atoms with E-state index >= 15 is 0 Å². The van der Waals surface area contributed by atoms with Crippen LogP contribution in [-0.4, -0.2) is 0 Å². The first-order valence-electron chi connectivity index (χ1n) is 4.91. The maximum absolute atomic E-state index is 8.65. The molecule has 0 bridgehead atoms. The Kier molecular flexibility index (Phi) is 2.13. The largest absolute Gasteiger partial charge is 0.193 e. The first kappa shape index (κ1) is 9.02. The molecule has 1 aromatic carbocycles. The van der Waals surface area contributed by atoms with Crippen LogP contribution in [0.2, 0.25) is 0 Å². The summed E-state index contributed by atoms with van der Waals surface area (Å²) in [6, 6.07) is 6.58. The molecule has 1 nitrogen and oxygen atoms in total. The number of nitriles is 1. The van der Waals surface area contributed by atoms with Gasteiger partial charge < -0.3 is 0 Å². The number of rotatable bonds is 0. The standard InChI is InChI=1S/C13H13N/c1-9-7-12-4-3-11(5-6-14)13(12)8-10(9)2/h5,7-8H,3-4H2,1-2H3/b11-5+. The van der Waals surface area contributed by atoms with Crippen molar-refractivity contribution in [1.82, 2.24) is 0 Å². The second-order valence-corrected chi connectivity index (χ2v) is 3.89. The normalized spacial score (nSPS) is 16.8. The molecular formula is C13H13N. The van der Waals surface area contributed by atoms with Crippen molar-refractivity contribution in [2.24, 2.45) is 0 Å². The molecule has 0 heterocycles. The number of aryl methyl sites for hydroxylation is 3. The highest BCUT2D eigenvalue weighted by molar-refractivity contribution is 5.74. The summed E-state index contributed by atoms with van der Waals surface area (Å²) in [4.78, 5) is 0. The molecule has 1 aliphatic rings. The van der Waals surface area contributed by atoms with E-state index in [1.807, 2.05) is 0 Å². The predicted octanol–water partition coefficient (Wildman–Crippen LogP) is 3.16. The van der Waals surface area contributed by atoms with Crippen LogP contribution >= 0.6 is 0 Å². The SMILES string of the molecule is Cc1cc2c(cc1C)/C(=C/C#N)CC2. The van der Waals surface area contributed by atoms with Gasteiger partial charge in [0.05, 0.1) is 6.07 Å². The molecule has 0 aliphatic heterocycles. The van der Waals surface area contributed by atoms with Crippen LogP contribution in [0.1, 0.15) is 28.7 Å². The van der Waals surface area contributed by atoms with Crippen molar-refractivity contribution in [3.05, 3.63) is 40.5 Å². The topological polar surface area (TPSA) is 23.8 Å². The third kappa shape index (κ3) is 1.33. The van der Waals surface area contributed by atoms with Gasteiger partial charge in [-0.2, -0.15) is 5.26 Å². The van der Waals surface area contributed by atoms with Crippen molar-refractivity contribution < 1.29 is 0 Å². The molecule has 0 unspecified atom stereocenters. The molecule has 0 spiro atoms. The molecule has 1 aromatic rings. The third-order valence-electron chi connectivity index (χ3n) is 2.97. The smallest absolute Gasteiger partial charge is 0.0915 e. The molecule has 0 aromatic heterocycles. The van der Waals surface area contributed by atoms with E-state index < -0.39 is 0 Å². The van der Waals surface area contributed by atoms with Gasteiger partial charge in [0.25, 0.3) is 0 Å². The number of hydrogen-bond acceptors (Lipinski definition) is 1. The fraction of sp³-hybridized carbons (Fsp3) is 0.308. The van der Waals surface area contributed by atoms with E-state index in [4.69, 9.17) is 5.26 Å². The predicted molar refractivity (Wildman–Crippen MR) is 57.8 cm³/mol. The van der Waals surface area contributed by atoms with Gasteiger partial charge in [-0.15, -0.1) is 0 Å². The van der Waals surface area contributed by atoms with Crippen molar-refractivity contribution >= 4 is 5.57 Å². The van der Waals surface area contributed by atoms with Crippen molar-refractivity contribution in [2.75, 3.05) is 0 Å². The van der Waals surface area contributed by atoms with Crippen LogP contribution in [0.4, 0.5) is 0 Å². The summed E-state index contributed by atoms with van der Waals surface area (Å²) in [5, 5.41) is 8.65. The van der Waals surface area contributed by atoms with E-state index in [1.54, 1.807) is 6.08 Å². The van der Waals surface area contributed by atoms with Crippen molar-refractivity contribution in [3.63, 3.8) is 0 Å². The maximum atomic E-state index is 8.65. The van der Waals surface area contributed by atoms with E-state index in [-0.39, 0.29) is 0 Å². The first-order chi connectivity index (χ1) is 6.72. The molecule has 0 saturated heterocycles. The lowest BCUT2D eigenvalue weighted by Gasteiger charge is -2.05. The van der Waals surface area contributed by atoms with E-state index in [0.29, 0.717) is 0 Å². The Balaban J connectivity index is 2.57. The van der Waals surface area contributed by atoms with Crippen LogP contribution in [-0.2, 0) is 6.42 Å². The Bertz CT molecular complexity index is 447. The molecule has 1 aliphatic carbocycles. The van der Waals surface area contributed by atoms with Crippen LogP contribution in [0, 0.1) is 25.2 Å². The zero-order valence-corrected chi connectivity index (χ0v) is 8.59. The third-order valence-corrected chi connectivity index (χ3v) is 2.97. The van der Waals surface area contributed by atoms with Crippen molar-refractivity contribution in [3.8, 4) is 6.07 Å². The Labute approximate surface area is 84.7 Å². The summed E-state index contributed by atoms with van der Waals surface area (Å²) in [6.07, 6.45) is 3.79. The second kappa shape index (κ2) is 3.31. The monoisotopic (exact) mass is 183 g/mol. The molecule has 14 heavy (non-hydrogen) atoms. The molecule has 0 amide bonds. The summed E-state index contributed by atoms with van der Waals surface area (Å²) in [5.74, 6) is 0. The Hall–Kier alpha value is -1.55. The number of benzene rings is 1. The van der Waals surface area contributed by atoms with E-state index in [9.17, 15) is 0 Å². The van der Waals surface area contributed by atoms with E-state index in [0.717, 1.165) is 12.8 Å². The summed E-state index contributed by atoms with van der Waals surface area (Å²) in [5.41, 5.74) is 6.55. The number of hydrogen-bond donors (Lipinski definition) is 0. The number of nitrogens with zero attached hydrogens (tertiary/aromatic N) is 1. The molecule has 0 fully saturated rings. The van der Waals surface area contributed by atoms with Crippen LogP contribution in [0.25, 0.3) is 5.57 Å². The highest BCUT2D eigenvalue weighted by Crippen LogP contribution is 2.33. The van der Waals surface area contributed by atoms with Crippen LogP contribution < -0.4 is 0 Å². The fourth-order valence-corrected chi connectivity index (χ4v) is 2.01. The van der Waals surface area contributed by atoms with E-state index in [1.165, 1.54) is 27.8 Å².